The van der Waals surface area contributed by atoms with E-state index in [0.29, 0.717) is 5.92 Å². The van der Waals surface area contributed by atoms with Crippen molar-refractivity contribution in [3.05, 3.63) is 47.0 Å². The summed E-state index contributed by atoms with van der Waals surface area (Å²) in [7, 11) is 1.68. The third-order valence-electron chi connectivity index (χ3n) is 3.36. The van der Waals surface area contributed by atoms with E-state index in [1.807, 2.05) is 12.3 Å². The fraction of sp³-hybridized carbons (Fsp3) is 0.286. The highest BCUT2D eigenvalue weighted by molar-refractivity contribution is 6.35. The predicted octanol–water partition coefficient (Wildman–Crippen LogP) is 3.26. The molecule has 1 unspecified atom stereocenters. The molecule has 5 heteroatoms. The summed E-state index contributed by atoms with van der Waals surface area (Å²) in [6, 6.07) is 0. The third-order valence-corrected chi connectivity index (χ3v) is 3.81. The number of H-pyrrole nitrogens is 1. The first kappa shape index (κ1) is 12.2. The second-order valence-corrected chi connectivity index (χ2v) is 4.98. The largest absolute Gasteiger partial charge is 0.497 e. The Balaban J connectivity index is 1.81. The van der Waals surface area contributed by atoms with Crippen molar-refractivity contribution in [3.8, 4) is 0 Å². The van der Waals surface area contributed by atoms with Crippen LogP contribution in [0.4, 0.5) is 0 Å². The number of ether oxygens (including phenoxy) is 1. The highest BCUT2D eigenvalue weighted by Gasteiger charge is 2.14. The molecule has 1 aliphatic carbocycles. The Bertz CT molecular complexity index is 660. The standard InChI is InChI=1S/C14H14ClN3O/c1-19-11-4-2-9(3-5-11)6-10-7-16-14-12(13(10)15)8-17-18-14/h2,4-5,7-9H,3,6H2,1H3,(H,16,17,18). The topological polar surface area (TPSA) is 50.8 Å². The van der Waals surface area contributed by atoms with Gasteiger partial charge in [-0.25, -0.2) is 4.98 Å². The van der Waals surface area contributed by atoms with Crippen LogP contribution in [0.3, 0.4) is 0 Å². The third kappa shape index (κ3) is 2.36. The van der Waals surface area contributed by atoms with E-state index < -0.39 is 0 Å². The van der Waals surface area contributed by atoms with Crippen LogP contribution in [-0.4, -0.2) is 22.3 Å². The van der Waals surface area contributed by atoms with Gasteiger partial charge in [-0.15, -0.1) is 0 Å². The Morgan fingerprint density at radius 3 is 3.11 bits per heavy atom. The summed E-state index contributed by atoms with van der Waals surface area (Å²) in [5, 5.41) is 8.40. The maximum absolute atomic E-state index is 6.39. The fourth-order valence-corrected chi connectivity index (χ4v) is 2.55. The summed E-state index contributed by atoms with van der Waals surface area (Å²) in [4.78, 5) is 4.33. The number of fused-ring (bicyclic) bond motifs is 1. The SMILES string of the molecule is COC1=CCC(Cc2cnc3[nH]ncc3c2Cl)C=C1. The molecule has 0 bridgehead atoms. The number of hydrogen-bond acceptors (Lipinski definition) is 3. The van der Waals surface area contributed by atoms with Crippen molar-refractivity contribution in [1.29, 1.82) is 0 Å². The van der Waals surface area contributed by atoms with Gasteiger partial charge in [0.15, 0.2) is 5.65 Å². The molecule has 0 aliphatic heterocycles. The summed E-state index contributed by atoms with van der Waals surface area (Å²) in [5.74, 6) is 1.35. The summed E-state index contributed by atoms with van der Waals surface area (Å²) < 4.78 is 5.18. The van der Waals surface area contributed by atoms with Gasteiger partial charge in [0.1, 0.15) is 5.76 Å². The van der Waals surface area contributed by atoms with Crippen LogP contribution in [0.5, 0.6) is 0 Å². The zero-order valence-electron chi connectivity index (χ0n) is 10.6. The molecule has 1 atom stereocenters. The number of aromatic amines is 1. The van der Waals surface area contributed by atoms with Gasteiger partial charge in [-0.2, -0.15) is 5.10 Å². The summed E-state index contributed by atoms with van der Waals surface area (Å²) in [5.41, 5.74) is 1.79. The Morgan fingerprint density at radius 2 is 2.37 bits per heavy atom. The predicted molar refractivity (Wildman–Crippen MR) is 74.9 cm³/mol. The molecule has 3 rings (SSSR count). The van der Waals surface area contributed by atoms with Crippen LogP contribution in [0.25, 0.3) is 11.0 Å². The smallest absolute Gasteiger partial charge is 0.156 e. The molecule has 1 aliphatic rings. The lowest BCUT2D eigenvalue weighted by molar-refractivity contribution is 0.301. The average Bonchev–Trinajstić information content (AvgIpc) is 2.92. The molecule has 0 radical (unpaired) electrons. The van der Waals surface area contributed by atoms with Gasteiger partial charge in [-0.1, -0.05) is 17.7 Å². The van der Waals surface area contributed by atoms with E-state index in [0.717, 1.165) is 40.2 Å². The Morgan fingerprint density at radius 1 is 1.47 bits per heavy atom. The van der Waals surface area contributed by atoms with Gasteiger partial charge in [-0.3, -0.25) is 5.10 Å². The zero-order valence-corrected chi connectivity index (χ0v) is 11.3. The number of pyridine rings is 1. The lowest BCUT2D eigenvalue weighted by Crippen LogP contribution is -2.05. The van der Waals surface area contributed by atoms with E-state index >= 15 is 0 Å². The van der Waals surface area contributed by atoms with Crippen LogP contribution >= 0.6 is 11.6 Å². The molecule has 2 aromatic heterocycles. The molecule has 2 aromatic rings. The minimum atomic E-state index is 0.433. The van der Waals surface area contributed by atoms with Crippen LogP contribution in [0.1, 0.15) is 12.0 Å². The van der Waals surface area contributed by atoms with Crippen molar-refractivity contribution in [3.63, 3.8) is 0 Å². The molecular weight excluding hydrogens is 262 g/mol. The number of halogens is 1. The highest BCUT2D eigenvalue weighted by atomic mass is 35.5. The second kappa shape index (κ2) is 5.05. The normalized spacial score (nSPS) is 18.6. The Labute approximate surface area is 116 Å². The first-order chi connectivity index (χ1) is 9.28. The van der Waals surface area contributed by atoms with Crippen molar-refractivity contribution < 1.29 is 4.74 Å². The molecule has 4 nitrogen and oxygen atoms in total. The van der Waals surface area contributed by atoms with E-state index in [1.165, 1.54) is 0 Å². The van der Waals surface area contributed by atoms with E-state index in [-0.39, 0.29) is 0 Å². The van der Waals surface area contributed by atoms with E-state index in [9.17, 15) is 0 Å². The average molecular weight is 276 g/mol. The zero-order chi connectivity index (χ0) is 13.2. The molecule has 19 heavy (non-hydrogen) atoms. The summed E-state index contributed by atoms with van der Waals surface area (Å²) >= 11 is 6.39. The molecule has 0 amide bonds. The van der Waals surface area contributed by atoms with Crippen molar-refractivity contribution in [2.45, 2.75) is 12.8 Å². The monoisotopic (exact) mass is 275 g/mol. The molecule has 0 fully saturated rings. The quantitative estimate of drug-likeness (QED) is 0.935. The van der Waals surface area contributed by atoms with Crippen molar-refractivity contribution in [1.82, 2.24) is 15.2 Å². The number of hydrogen-bond donors (Lipinski definition) is 1. The number of nitrogens with zero attached hydrogens (tertiary/aromatic N) is 2. The molecule has 0 spiro atoms. The summed E-state index contributed by atoms with van der Waals surface area (Å²) in [6.45, 7) is 0. The highest BCUT2D eigenvalue weighted by Crippen LogP contribution is 2.28. The number of methoxy groups -OCH3 is 1. The van der Waals surface area contributed by atoms with Gasteiger partial charge < -0.3 is 4.74 Å². The van der Waals surface area contributed by atoms with E-state index in [2.05, 4.69) is 27.3 Å². The Kier molecular flexibility index (Phi) is 3.25. The fourth-order valence-electron chi connectivity index (χ4n) is 2.28. The Hall–Kier alpha value is -1.81. The maximum Gasteiger partial charge on any atom is 0.156 e. The van der Waals surface area contributed by atoms with Crippen LogP contribution in [-0.2, 0) is 11.2 Å². The van der Waals surface area contributed by atoms with Crippen molar-refractivity contribution in [2.24, 2.45) is 5.92 Å². The summed E-state index contributed by atoms with van der Waals surface area (Å²) in [6.07, 6.45) is 11.6. The van der Waals surface area contributed by atoms with Crippen molar-refractivity contribution >= 4 is 22.6 Å². The second-order valence-electron chi connectivity index (χ2n) is 4.60. The molecule has 0 aromatic carbocycles. The maximum atomic E-state index is 6.39. The van der Waals surface area contributed by atoms with Gasteiger partial charge in [0.2, 0.25) is 0 Å². The number of rotatable bonds is 3. The molecular formula is C14H14ClN3O. The minimum absolute atomic E-state index is 0.433. The van der Waals surface area contributed by atoms with Gasteiger partial charge >= 0.3 is 0 Å². The van der Waals surface area contributed by atoms with E-state index in [4.69, 9.17) is 16.3 Å². The molecule has 98 valence electrons. The lowest BCUT2D eigenvalue weighted by atomic mass is 9.93. The van der Waals surface area contributed by atoms with Crippen LogP contribution in [0, 0.1) is 5.92 Å². The first-order valence-electron chi connectivity index (χ1n) is 6.16. The van der Waals surface area contributed by atoms with Crippen molar-refractivity contribution in [2.75, 3.05) is 7.11 Å². The van der Waals surface area contributed by atoms with E-state index in [1.54, 1.807) is 13.3 Å². The lowest BCUT2D eigenvalue weighted by Gasteiger charge is -2.16. The molecule has 0 saturated carbocycles. The van der Waals surface area contributed by atoms with Gasteiger partial charge in [0, 0.05) is 6.20 Å². The molecule has 1 N–H and O–H groups in total. The molecule has 2 heterocycles. The number of allylic oxidation sites excluding steroid dienone is 3. The number of aromatic nitrogens is 3. The minimum Gasteiger partial charge on any atom is -0.497 e. The molecule has 0 saturated heterocycles. The van der Waals surface area contributed by atoms with Gasteiger partial charge in [0.25, 0.3) is 0 Å². The van der Waals surface area contributed by atoms with Gasteiger partial charge in [-0.05, 0) is 36.5 Å². The number of nitrogens with one attached hydrogen (secondary N) is 1. The van der Waals surface area contributed by atoms with Gasteiger partial charge in [0.05, 0.1) is 23.7 Å². The van der Waals surface area contributed by atoms with Crippen LogP contribution in [0.15, 0.2) is 36.4 Å². The first-order valence-corrected chi connectivity index (χ1v) is 6.54. The van der Waals surface area contributed by atoms with Crippen LogP contribution < -0.4 is 0 Å². The van der Waals surface area contributed by atoms with Crippen LogP contribution in [0.2, 0.25) is 5.02 Å².